The Kier molecular flexibility index (Phi) is 2.97. The van der Waals surface area contributed by atoms with Gasteiger partial charge in [-0.1, -0.05) is 36.4 Å². The first-order chi connectivity index (χ1) is 10.7. The number of para-hydroxylation sites is 1. The van der Waals surface area contributed by atoms with Gasteiger partial charge in [0.1, 0.15) is 0 Å². The highest BCUT2D eigenvalue weighted by molar-refractivity contribution is 5.82. The van der Waals surface area contributed by atoms with E-state index in [0.29, 0.717) is 0 Å². The van der Waals surface area contributed by atoms with Crippen LogP contribution in [0, 0.1) is 6.92 Å². The number of pyridine rings is 1. The maximum Gasteiger partial charge on any atom is 0.0708 e. The highest BCUT2D eigenvalue weighted by Crippen LogP contribution is 2.22. The topological polar surface area (TPSA) is 17.8 Å². The number of fused-ring (bicyclic) bond motifs is 2. The van der Waals surface area contributed by atoms with E-state index >= 15 is 0 Å². The predicted octanol–water partition coefficient (Wildman–Crippen LogP) is 4.63. The molecular formula is C20H18N2. The van der Waals surface area contributed by atoms with Crippen molar-refractivity contribution in [1.82, 2.24) is 9.55 Å². The average molecular weight is 286 g/mol. The summed E-state index contributed by atoms with van der Waals surface area (Å²) in [6.07, 6.45) is 0.927. The molecule has 0 atom stereocenters. The Morgan fingerprint density at radius 1 is 0.909 bits per heavy atom. The molecule has 4 rings (SSSR count). The molecule has 2 heterocycles. The number of rotatable bonds is 2. The molecular weight excluding hydrogens is 268 g/mol. The monoisotopic (exact) mass is 286 g/mol. The zero-order valence-electron chi connectivity index (χ0n) is 12.9. The quantitative estimate of drug-likeness (QED) is 0.525. The van der Waals surface area contributed by atoms with Gasteiger partial charge in [-0.25, -0.2) is 0 Å². The number of aryl methyl sites for hydroxylation is 2. The van der Waals surface area contributed by atoms with Gasteiger partial charge in [0.2, 0.25) is 0 Å². The lowest BCUT2D eigenvalue weighted by Gasteiger charge is -2.06. The van der Waals surface area contributed by atoms with Crippen molar-refractivity contribution in [3.8, 4) is 0 Å². The first-order valence-electron chi connectivity index (χ1n) is 7.60. The molecule has 0 fully saturated rings. The Labute approximate surface area is 130 Å². The van der Waals surface area contributed by atoms with Crippen LogP contribution in [0.3, 0.4) is 0 Å². The van der Waals surface area contributed by atoms with E-state index < -0.39 is 0 Å². The molecule has 0 saturated carbocycles. The second kappa shape index (κ2) is 4.99. The molecule has 2 aromatic heterocycles. The fraction of sp³-hybridized carbons (Fsp3) is 0.150. The number of hydrogen-bond donors (Lipinski definition) is 0. The SMILES string of the molecule is Cc1ccc2ccc(Cc3cc4ccccc4n3C)cc2n1. The Balaban J connectivity index is 1.77. The molecule has 108 valence electrons. The van der Waals surface area contributed by atoms with Crippen LogP contribution in [-0.4, -0.2) is 9.55 Å². The minimum absolute atomic E-state index is 0.927. The summed E-state index contributed by atoms with van der Waals surface area (Å²) in [5.41, 5.74) is 6.06. The largest absolute Gasteiger partial charge is 0.347 e. The summed E-state index contributed by atoms with van der Waals surface area (Å²) in [7, 11) is 2.14. The smallest absolute Gasteiger partial charge is 0.0708 e. The maximum atomic E-state index is 4.64. The summed E-state index contributed by atoms with van der Waals surface area (Å²) >= 11 is 0. The molecule has 0 unspecified atom stereocenters. The van der Waals surface area contributed by atoms with Gasteiger partial charge in [-0.2, -0.15) is 0 Å². The van der Waals surface area contributed by atoms with Crippen molar-refractivity contribution < 1.29 is 0 Å². The van der Waals surface area contributed by atoms with E-state index in [2.05, 4.69) is 77.3 Å². The summed E-state index contributed by atoms with van der Waals surface area (Å²) in [4.78, 5) is 4.64. The molecule has 2 aromatic carbocycles. The van der Waals surface area contributed by atoms with Crippen LogP contribution in [-0.2, 0) is 13.5 Å². The van der Waals surface area contributed by atoms with E-state index in [1.807, 2.05) is 6.92 Å². The fourth-order valence-electron chi connectivity index (χ4n) is 3.10. The molecule has 0 radical (unpaired) electrons. The highest BCUT2D eigenvalue weighted by Gasteiger charge is 2.07. The summed E-state index contributed by atoms with van der Waals surface area (Å²) in [6.45, 7) is 2.04. The summed E-state index contributed by atoms with van der Waals surface area (Å²) in [5.74, 6) is 0. The normalized spacial score (nSPS) is 11.4. The van der Waals surface area contributed by atoms with Gasteiger partial charge in [0.25, 0.3) is 0 Å². The molecule has 22 heavy (non-hydrogen) atoms. The van der Waals surface area contributed by atoms with Crippen LogP contribution >= 0.6 is 0 Å². The first-order valence-corrected chi connectivity index (χ1v) is 7.60. The lowest BCUT2D eigenvalue weighted by Crippen LogP contribution is -1.97. The summed E-state index contributed by atoms with van der Waals surface area (Å²) in [5, 5.41) is 2.50. The van der Waals surface area contributed by atoms with Crippen LogP contribution < -0.4 is 0 Å². The lowest BCUT2D eigenvalue weighted by molar-refractivity contribution is 0.881. The van der Waals surface area contributed by atoms with Gasteiger partial charge >= 0.3 is 0 Å². The van der Waals surface area contributed by atoms with Crippen molar-refractivity contribution in [3.63, 3.8) is 0 Å². The lowest BCUT2D eigenvalue weighted by atomic mass is 10.1. The molecule has 0 bridgehead atoms. The zero-order chi connectivity index (χ0) is 15.1. The molecule has 0 aliphatic rings. The van der Waals surface area contributed by atoms with Crippen LogP contribution in [0.15, 0.2) is 60.7 Å². The van der Waals surface area contributed by atoms with Crippen molar-refractivity contribution in [2.45, 2.75) is 13.3 Å². The minimum Gasteiger partial charge on any atom is -0.347 e. The Bertz CT molecular complexity index is 980. The molecule has 0 amide bonds. The van der Waals surface area contributed by atoms with Gasteiger partial charge in [-0.05, 0) is 42.1 Å². The van der Waals surface area contributed by atoms with Crippen molar-refractivity contribution in [2.24, 2.45) is 7.05 Å². The summed E-state index contributed by atoms with van der Waals surface area (Å²) in [6, 6.07) is 21.6. The van der Waals surface area contributed by atoms with E-state index in [0.717, 1.165) is 17.6 Å². The predicted molar refractivity (Wildman–Crippen MR) is 92.2 cm³/mol. The van der Waals surface area contributed by atoms with Crippen molar-refractivity contribution in [2.75, 3.05) is 0 Å². The number of benzene rings is 2. The second-order valence-corrected chi connectivity index (χ2v) is 5.91. The van der Waals surface area contributed by atoms with E-state index in [4.69, 9.17) is 0 Å². The first kappa shape index (κ1) is 13.1. The van der Waals surface area contributed by atoms with Crippen molar-refractivity contribution in [3.05, 3.63) is 77.6 Å². The highest BCUT2D eigenvalue weighted by atomic mass is 14.9. The molecule has 2 nitrogen and oxygen atoms in total. The van der Waals surface area contributed by atoms with Gasteiger partial charge in [0.15, 0.2) is 0 Å². The second-order valence-electron chi connectivity index (χ2n) is 5.91. The van der Waals surface area contributed by atoms with Gasteiger partial charge in [0.05, 0.1) is 5.52 Å². The van der Waals surface area contributed by atoms with E-state index in [1.165, 1.54) is 27.5 Å². The average Bonchev–Trinajstić information content (AvgIpc) is 2.84. The molecule has 0 spiro atoms. The van der Waals surface area contributed by atoms with Crippen LogP contribution in [0.4, 0.5) is 0 Å². The van der Waals surface area contributed by atoms with E-state index in [1.54, 1.807) is 0 Å². The minimum atomic E-state index is 0.927. The van der Waals surface area contributed by atoms with Gasteiger partial charge in [0, 0.05) is 35.8 Å². The number of hydrogen-bond acceptors (Lipinski definition) is 1. The van der Waals surface area contributed by atoms with E-state index in [9.17, 15) is 0 Å². The fourth-order valence-corrected chi connectivity index (χ4v) is 3.10. The number of aromatic nitrogens is 2. The van der Waals surface area contributed by atoms with E-state index in [-0.39, 0.29) is 0 Å². The standard InChI is InChI=1S/C20H18N2/c1-14-7-9-16-10-8-15(12-19(16)21-14)11-18-13-17-5-3-4-6-20(17)22(18)2/h3-10,12-13H,11H2,1-2H3. The van der Waals surface area contributed by atoms with Gasteiger partial charge in [-0.3, -0.25) is 4.98 Å². The van der Waals surface area contributed by atoms with Crippen LogP contribution in [0.5, 0.6) is 0 Å². The van der Waals surface area contributed by atoms with Crippen molar-refractivity contribution in [1.29, 1.82) is 0 Å². The van der Waals surface area contributed by atoms with Gasteiger partial charge in [-0.15, -0.1) is 0 Å². The molecule has 0 aliphatic heterocycles. The third-order valence-corrected chi connectivity index (χ3v) is 4.33. The van der Waals surface area contributed by atoms with Gasteiger partial charge < -0.3 is 4.57 Å². The third kappa shape index (κ3) is 2.17. The molecule has 0 N–H and O–H groups in total. The van der Waals surface area contributed by atoms with Crippen LogP contribution in [0.25, 0.3) is 21.8 Å². The van der Waals surface area contributed by atoms with Crippen molar-refractivity contribution >= 4 is 21.8 Å². The zero-order valence-corrected chi connectivity index (χ0v) is 12.9. The molecule has 2 heteroatoms. The third-order valence-electron chi connectivity index (χ3n) is 4.33. The van der Waals surface area contributed by atoms with Crippen LogP contribution in [0.2, 0.25) is 0 Å². The maximum absolute atomic E-state index is 4.64. The molecule has 0 saturated heterocycles. The Hall–Kier alpha value is -2.61. The molecule has 0 aliphatic carbocycles. The molecule has 4 aromatic rings. The Morgan fingerprint density at radius 2 is 1.73 bits per heavy atom. The van der Waals surface area contributed by atoms with Crippen LogP contribution in [0.1, 0.15) is 17.0 Å². The number of nitrogens with zero attached hydrogens (tertiary/aromatic N) is 2. The summed E-state index contributed by atoms with van der Waals surface area (Å²) < 4.78 is 2.28. The Morgan fingerprint density at radius 3 is 2.59 bits per heavy atom.